The Morgan fingerprint density at radius 3 is 2.16 bits per heavy atom. The Labute approximate surface area is 197 Å². The van der Waals surface area contributed by atoms with Gasteiger partial charge in [-0.3, -0.25) is 20.4 Å². The van der Waals surface area contributed by atoms with E-state index in [0.717, 1.165) is 30.9 Å². The molecule has 0 aliphatic carbocycles. The summed E-state index contributed by atoms with van der Waals surface area (Å²) in [6, 6.07) is 10.4. The van der Waals surface area contributed by atoms with Crippen molar-refractivity contribution in [1.29, 1.82) is 5.41 Å². The van der Waals surface area contributed by atoms with Gasteiger partial charge < -0.3 is 15.1 Å². The molecule has 2 aliphatic rings. The number of piperazine rings is 1. The van der Waals surface area contributed by atoms with Crippen molar-refractivity contribution in [3.63, 3.8) is 0 Å². The molecule has 0 unspecified atom stereocenters. The molecule has 2 fully saturated rings. The molecule has 0 radical (unpaired) electrons. The molecule has 4 rings (SSSR count). The van der Waals surface area contributed by atoms with Crippen LogP contribution in [0, 0.1) is 15.5 Å². The highest BCUT2D eigenvalue weighted by Gasteiger charge is 2.22. The van der Waals surface area contributed by atoms with Crippen LogP contribution in [-0.2, 0) is 6.54 Å². The minimum Gasteiger partial charge on any atom is -0.368 e. The Kier molecular flexibility index (Phi) is 7.03. The van der Waals surface area contributed by atoms with E-state index < -0.39 is 4.92 Å². The van der Waals surface area contributed by atoms with Crippen molar-refractivity contribution in [3.8, 4) is 0 Å². The van der Waals surface area contributed by atoms with Gasteiger partial charge in [0, 0.05) is 50.5 Å². The monoisotopic (exact) mass is 476 g/mol. The first-order valence-corrected chi connectivity index (χ1v) is 11.5. The van der Waals surface area contributed by atoms with Crippen molar-refractivity contribution in [3.05, 3.63) is 62.1 Å². The molecule has 0 atom stereocenters. The van der Waals surface area contributed by atoms with Crippen molar-refractivity contribution in [2.24, 2.45) is 0 Å². The number of nitrogens with zero attached hydrogens (tertiary/aromatic N) is 4. The van der Waals surface area contributed by atoms with Gasteiger partial charge in [0.15, 0.2) is 5.96 Å². The Morgan fingerprint density at radius 1 is 1.00 bits per heavy atom. The summed E-state index contributed by atoms with van der Waals surface area (Å²) < 4.78 is 0. The number of anilines is 2. The predicted octanol–water partition coefficient (Wildman–Crippen LogP) is 4.67. The Morgan fingerprint density at radius 2 is 1.59 bits per heavy atom. The van der Waals surface area contributed by atoms with E-state index in [0.29, 0.717) is 41.9 Å². The summed E-state index contributed by atoms with van der Waals surface area (Å²) in [6.45, 7) is 5.74. The second-order valence-electron chi connectivity index (χ2n) is 8.14. The van der Waals surface area contributed by atoms with Crippen LogP contribution in [0.1, 0.15) is 18.4 Å². The maximum absolute atomic E-state index is 10.8. The molecular weight excluding hydrogens is 451 g/mol. The molecule has 2 aromatic rings. The number of nitro benzene ring substituents is 1. The molecular formula is C22H26Cl2N6O2. The lowest BCUT2D eigenvalue weighted by Crippen LogP contribution is -2.50. The van der Waals surface area contributed by atoms with Crippen LogP contribution < -0.4 is 10.2 Å². The lowest BCUT2D eigenvalue weighted by Gasteiger charge is -2.37. The van der Waals surface area contributed by atoms with E-state index >= 15 is 0 Å². The number of non-ortho nitro benzene ring substituents is 1. The zero-order valence-electron chi connectivity index (χ0n) is 17.7. The molecule has 0 saturated carbocycles. The molecule has 2 aromatic carbocycles. The number of guanidine groups is 1. The molecule has 0 bridgehead atoms. The Bertz CT molecular complexity index is 963. The van der Waals surface area contributed by atoms with Crippen LogP contribution in [0.15, 0.2) is 36.4 Å². The van der Waals surface area contributed by atoms with E-state index in [9.17, 15) is 10.1 Å². The number of hydrogen-bond acceptors (Lipinski definition) is 5. The first kappa shape index (κ1) is 22.6. The smallest absolute Gasteiger partial charge is 0.269 e. The van der Waals surface area contributed by atoms with Crippen molar-refractivity contribution < 1.29 is 4.92 Å². The van der Waals surface area contributed by atoms with Crippen LogP contribution >= 0.6 is 23.2 Å². The highest BCUT2D eigenvalue weighted by atomic mass is 35.5. The van der Waals surface area contributed by atoms with E-state index in [4.69, 9.17) is 28.6 Å². The first-order valence-electron chi connectivity index (χ1n) is 10.7. The number of rotatable bonds is 5. The summed E-state index contributed by atoms with van der Waals surface area (Å²) in [5.74, 6) is 0.254. The average molecular weight is 477 g/mol. The van der Waals surface area contributed by atoms with Gasteiger partial charge in [-0.05, 0) is 55.8 Å². The van der Waals surface area contributed by atoms with E-state index in [1.165, 1.54) is 25.0 Å². The SMILES string of the molecule is N=C(Nc1c(Cl)cc(CN2CCCC2)cc1Cl)N1CCN(c2ccc([N+](=O)[O-])cc2)CC1. The molecule has 2 aliphatic heterocycles. The molecule has 0 spiro atoms. The Hall–Kier alpha value is -2.55. The van der Waals surface area contributed by atoms with Crippen LogP contribution in [0.2, 0.25) is 10.0 Å². The standard InChI is InChI=1S/C22H26Cl2N6O2/c23-19-13-16(15-27-7-1-2-8-27)14-20(24)21(19)26-22(25)29-11-9-28(10-12-29)17-3-5-18(6-4-17)30(31)32/h3-6,13-14H,1-2,7-12,15H2,(H2,25,26). The van der Waals surface area contributed by atoms with Gasteiger partial charge in [-0.25, -0.2) is 0 Å². The summed E-state index contributed by atoms with van der Waals surface area (Å²) in [4.78, 5) is 16.9. The van der Waals surface area contributed by atoms with Crippen LogP contribution in [0.25, 0.3) is 0 Å². The van der Waals surface area contributed by atoms with Gasteiger partial charge in [-0.2, -0.15) is 0 Å². The van der Waals surface area contributed by atoms with Crippen molar-refractivity contribution in [2.45, 2.75) is 19.4 Å². The zero-order chi connectivity index (χ0) is 22.7. The third kappa shape index (κ3) is 5.26. The van der Waals surface area contributed by atoms with Crippen LogP contribution in [0.4, 0.5) is 17.1 Å². The fourth-order valence-corrected chi connectivity index (χ4v) is 4.83. The number of hydrogen-bond donors (Lipinski definition) is 2. The molecule has 10 heteroatoms. The van der Waals surface area contributed by atoms with Gasteiger partial charge in [0.25, 0.3) is 5.69 Å². The molecule has 2 N–H and O–H groups in total. The largest absolute Gasteiger partial charge is 0.368 e. The van der Waals surface area contributed by atoms with Gasteiger partial charge in [0.05, 0.1) is 20.7 Å². The van der Waals surface area contributed by atoms with Crippen molar-refractivity contribution in [2.75, 3.05) is 49.5 Å². The number of halogens is 2. The highest BCUT2D eigenvalue weighted by molar-refractivity contribution is 6.39. The number of nitrogens with one attached hydrogen (secondary N) is 2. The molecule has 170 valence electrons. The third-order valence-electron chi connectivity index (χ3n) is 5.97. The second-order valence-corrected chi connectivity index (χ2v) is 8.95. The number of likely N-dealkylation sites (tertiary alicyclic amines) is 1. The second kappa shape index (κ2) is 9.94. The average Bonchev–Trinajstić information content (AvgIpc) is 3.29. The first-order chi connectivity index (χ1) is 15.4. The molecule has 0 aromatic heterocycles. The number of nitro groups is 1. The molecule has 32 heavy (non-hydrogen) atoms. The maximum atomic E-state index is 10.8. The lowest BCUT2D eigenvalue weighted by molar-refractivity contribution is -0.384. The normalized spacial score (nSPS) is 16.9. The van der Waals surface area contributed by atoms with Gasteiger partial charge >= 0.3 is 0 Å². The third-order valence-corrected chi connectivity index (χ3v) is 6.57. The van der Waals surface area contributed by atoms with E-state index in [1.807, 2.05) is 17.0 Å². The summed E-state index contributed by atoms with van der Waals surface area (Å²) >= 11 is 13.0. The van der Waals surface area contributed by atoms with E-state index in [1.54, 1.807) is 12.1 Å². The Balaban J connectivity index is 1.34. The zero-order valence-corrected chi connectivity index (χ0v) is 19.2. The summed E-state index contributed by atoms with van der Waals surface area (Å²) in [6.07, 6.45) is 2.46. The molecule has 8 nitrogen and oxygen atoms in total. The minimum atomic E-state index is -0.399. The van der Waals surface area contributed by atoms with Gasteiger partial charge in [-0.1, -0.05) is 23.2 Å². The summed E-state index contributed by atoms with van der Waals surface area (Å²) in [7, 11) is 0. The molecule has 0 amide bonds. The fraction of sp³-hybridized carbons (Fsp3) is 0.409. The van der Waals surface area contributed by atoms with Crippen LogP contribution in [0.5, 0.6) is 0 Å². The topological polar surface area (TPSA) is 88.7 Å². The van der Waals surface area contributed by atoms with Gasteiger partial charge in [0.1, 0.15) is 0 Å². The highest BCUT2D eigenvalue weighted by Crippen LogP contribution is 2.33. The van der Waals surface area contributed by atoms with Gasteiger partial charge in [0.2, 0.25) is 0 Å². The number of benzene rings is 2. The maximum Gasteiger partial charge on any atom is 0.269 e. The molecule has 2 heterocycles. The quantitative estimate of drug-likeness (QED) is 0.282. The van der Waals surface area contributed by atoms with Crippen LogP contribution in [-0.4, -0.2) is 60.0 Å². The fourth-order valence-electron chi connectivity index (χ4n) is 4.21. The van der Waals surface area contributed by atoms with Gasteiger partial charge in [-0.15, -0.1) is 0 Å². The van der Waals surface area contributed by atoms with Crippen LogP contribution in [0.3, 0.4) is 0 Å². The molecule has 2 saturated heterocycles. The van der Waals surface area contributed by atoms with Crippen molar-refractivity contribution in [1.82, 2.24) is 9.80 Å². The predicted molar refractivity (Wildman–Crippen MR) is 129 cm³/mol. The lowest BCUT2D eigenvalue weighted by atomic mass is 10.2. The van der Waals surface area contributed by atoms with Crippen molar-refractivity contribution >= 4 is 46.2 Å². The summed E-state index contributed by atoms with van der Waals surface area (Å²) in [5, 5.41) is 23.4. The van der Waals surface area contributed by atoms with E-state index in [2.05, 4.69) is 15.1 Å². The summed E-state index contributed by atoms with van der Waals surface area (Å²) in [5.41, 5.74) is 2.66. The van der Waals surface area contributed by atoms with E-state index in [-0.39, 0.29) is 11.6 Å². The minimum absolute atomic E-state index is 0.0820.